The molecule has 0 amide bonds. The van der Waals surface area contributed by atoms with E-state index in [1.165, 1.54) is 6.92 Å². The molecule has 0 saturated heterocycles. The van der Waals surface area contributed by atoms with Gasteiger partial charge >= 0.3 is 35.5 Å². The van der Waals surface area contributed by atoms with Crippen LogP contribution in [0.5, 0.6) is 0 Å². The third-order valence-electron chi connectivity index (χ3n) is 0.423. The van der Waals surface area contributed by atoms with Crippen LogP contribution < -0.4 is 35.3 Å². The summed E-state index contributed by atoms with van der Waals surface area (Å²) in [5, 5.41) is 0. The summed E-state index contributed by atoms with van der Waals surface area (Å²) in [5.74, 6) is -0.273. The van der Waals surface area contributed by atoms with Crippen molar-refractivity contribution in [1.29, 1.82) is 0 Å². The maximum atomic E-state index is 9.92. The van der Waals surface area contributed by atoms with Crippen molar-refractivity contribution in [1.82, 2.24) is 0 Å². The van der Waals surface area contributed by atoms with Crippen molar-refractivity contribution in [3.8, 4) is 0 Å². The summed E-state index contributed by atoms with van der Waals surface area (Å²) in [6.45, 7) is 2.09. The van der Waals surface area contributed by atoms with Crippen LogP contribution in [0.25, 0.3) is 0 Å². The fraction of sp³-hybridized carbons (Fsp3) is 0.750. The summed E-state index contributed by atoms with van der Waals surface area (Å²) < 4.78 is 4.43. The Hall–Kier alpha value is 0.430. The number of carbonyl (C=O) groups is 1. The van der Waals surface area contributed by atoms with Gasteiger partial charge in [0.1, 0.15) is 6.61 Å². The van der Waals surface area contributed by atoms with Crippen LogP contribution in [0.15, 0.2) is 0 Å². The molecule has 0 aliphatic rings. The van der Waals surface area contributed by atoms with E-state index in [0.29, 0.717) is 13.2 Å². The molecule has 0 spiro atoms. The molecule has 0 heterocycles. The van der Waals surface area contributed by atoms with E-state index in [0.717, 1.165) is 0 Å². The Balaban J connectivity index is -0.000000180. The normalized spacial score (nSPS) is 7.25. The Morgan fingerprint density at radius 2 is 2.38 bits per heavy atom. The topological polar surface area (TPSA) is 52.3 Å². The van der Waals surface area contributed by atoms with Crippen LogP contribution >= 0.6 is 0 Å². The second-order valence-corrected chi connectivity index (χ2v) is 1.13. The van der Waals surface area contributed by atoms with E-state index in [1.54, 1.807) is 0 Å². The summed E-state index contributed by atoms with van der Waals surface area (Å²) in [6, 6.07) is 0. The molecule has 0 rings (SSSR count). The third kappa shape index (κ3) is 9.66. The Morgan fingerprint density at radius 3 is 2.50 bits per heavy atom. The fourth-order valence-electron chi connectivity index (χ4n) is 0.203. The molecule has 0 aromatic rings. The molecule has 0 bridgehead atoms. The van der Waals surface area contributed by atoms with Gasteiger partial charge in [-0.15, -0.1) is 0 Å². The molecule has 4 heteroatoms. The smallest absolute Gasteiger partial charge is 1.00 e. The van der Waals surface area contributed by atoms with E-state index >= 15 is 0 Å². The fourth-order valence-corrected chi connectivity index (χ4v) is 0.203. The Morgan fingerprint density at radius 1 is 1.88 bits per heavy atom. The zero-order chi connectivity index (χ0) is 5.70. The van der Waals surface area contributed by atoms with Crippen molar-refractivity contribution in [3.05, 3.63) is 0 Å². The van der Waals surface area contributed by atoms with Crippen molar-refractivity contribution in [2.24, 2.45) is 5.73 Å². The number of nitrogens with two attached hydrogens (primary N) is 1. The Kier molecular flexibility index (Phi) is 10.5. The molecule has 0 aromatic heterocycles. The van der Waals surface area contributed by atoms with Crippen LogP contribution in [0.3, 0.4) is 0 Å². The second kappa shape index (κ2) is 7.43. The number of hydrogen-bond acceptors (Lipinski definition) is 3. The molecule has 44 valence electrons. The first kappa shape index (κ1) is 11.3. The SMILES string of the molecule is CC(=O)OCCN.[H-].[Na+]. The molecular formula is C4H10NNaO2. The Labute approximate surface area is 72.3 Å². The summed E-state index contributed by atoms with van der Waals surface area (Å²) in [5.41, 5.74) is 5.00. The molecule has 0 radical (unpaired) electrons. The number of ether oxygens (including phenoxy) is 1. The van der Waals surface area contributed by atoms with Gasteiger partial charge in [-0.05, 0) is 0 Å². The second-order valence-electron chi connectivity index (χ2n) is 1.13. The molecule has 0 aromatic carbocycles. The molecular weight excluding hydrogens is 117 g/mol. The summed E-state index contributed by atoms with van der Waals surface area (Å²) in [7, 11) is 0. The standard InChI is InChI=1S/C4H9NO2.Na.H/c1-4(6)7-3-2-5;;/h2-3,5H2,1H3;;/q;+1;-1. The van der Waals surface area contributed by atoms with Crippen molar-refractivity contribution in [3.63, 3.8) is 0 Å². The summed E-state index contributed by atoms with van der Waals surface area (Å²) >= 11 is 0. The first-order valence-electron chi connectivity index (χ1n) is 2.11. The first-order chi connectivity index (χ1) is 3.27. The van der Waals surface area contributed by atoms with E-state index in [-0.39, 0.29) is 37.0 Å². The quantitative estimate of drug-likeness (QED) is 0.311. The molecule has 0 saturated carbocycles. The average molecular weight is 127 g/mol. The average Bonchev–Trinajstić information content (AvgIpc) is 1.61. The molecule has 8 heavy (non-hydrogen) atoms. The van der Waals surface area contributed by atoms with Crippen molar-refractivity contribution < 1.29 is 40.5 Å². The van der Waals surface area contributed by atoms with E-state index in [1.807, 2.05) is 0 Å². The summed E-state index contributed by atoms with van der Waals surface area (Å²) in [6.07, 6.45) is 0. The maximum Gasteiger partial charge on any atom is 1.00 e. The van der Waals surface area contributed by atoms with Crippen molar-refractivity contribution in [2.45, 2.75) is 6.92 Å². The largest absolute Gasteiger partial charge is 1.00 e. The van der Waals surface area contributed by atoms with Gasteiger partial charge in [-0.1, -0.05) is 0 Å². The van der Waals surface area contributed by atoms with E-state index in [2.05, 4.69) is 4.74 Å². The minimum Gasteiger partial charge on any atom is -1.00 e. The molecule has 0 fully saturated rings. The van der Waals surface area contributed by atoms with Crippen LogP contribution in [-0.4, -0.2) is 19.1 Å². The zero-order valence-corrected chi connectivity index (χ0v) is 7.31. The van der Waals surface area contributed by atoms with Gasteiger partial charge in [0.25, 0.3) is 0 Å². The predicted octanol–water partition coefficient (Wildman–Crippen LogP) is -3.38. The van der Waals surface area contributed by atoms with Gasteiger partial charge in [-0.25, -0.2) is 0 Å². The van der Waals surface area contributed by atoms with Crippen LogP contribution in [0.2, 0.25) is 0 Å². The van der Waals surface area contributed by atoms with Gasteiger partial charge in [0, 0.05) is 13.5 Å². The molecule has 3 nitrogen and oxygen atoms in total. The van der Waals surface area contributed by atoms with Crippen LogP contribution in [0.1, 0.15) is 8.35 Å². The maximum absolute atomic E-state index is 9.92. The summed E-state index contributed by atoms with van der Waals surface area (Å²) in [4.78, 5) is 9.92. The van der Waals surface area contributed by atoms with Gasteiger partial charge in [0.15, 0.2) is 0 Å². The predicted molar refractivity (Wildman–Crippen MR) is 26.8 cm³/mol. The van der Waals surface area contributed by atoms with E-state index < -0.39 is 0 Å². The number of esters is 1. The van der Waals surface area contributed by atoms with Crippen molar-refractivity contribution >= 4 is 5.97 Å². The molecule has 2 N–H and O–H groups in total. The van der Waals surface area contributed by atoms with Crippen LogP contribution in [0, 0.1) is 0 Å². The molecule has 0 aliphatic carbocycles. The minimum absolute atomic E-state index is 0. The van der Waals surface area contributed by atoms with Crippen molar-refractivity contribution in [2.75, 3.05) is 13.2 Å². The van der Waals surface area contributed by atoms with Gasteiger partial charge in [0.2, 0.25) is 0 Å². The number of rotatable bonds is 2. The minimum atomic E-state index is -0.273. The van der Waals surface area contributed by atoms with Crippen LogP contribution in [0.4, 0.5) is 0 Å². The Bertz CT molecular complexity index is 71.6. The van der Waals surface area contributed by atoms with Crippen LogP contribution in [-0.2, 0) is 9.53 Å². The monoisotopic (exact) mass is 127 g/mol. The zero-order valence-electron chi connectivity index (χ0n) is 6.31. The number of carbonyl (C=O) groups excluding carboxylic acids is 1. The van der Waals surface area contributed by atoms with E-state index in [4.69, 9.17) is 5.73 Å². The molecule has 0 unspecified atom stereocenters. The van der Waals surface area contributed by atoms with Gasteiger partial charge in [-0.2, -0.15) is 0 Å². The third-order valence-corrected chi connectivity index (χ3v) is 0.423. The van der Waals surface area contributed by atoms with E-state index in [9.17, 15) is 4.79 Å². The number of hydrogen-bond donors (Lipinski definition) is 1. The molecule has 0 atom stereocenters. The first-order valence-corrected chi connectivity index (χ1v) is 2.11. The molecule has 0 aliphatic heterocycles. The van der Waals surface area contributed by atoms with Gasteiger partial charge in [0.05, 0.1) is 0 Å². The van der Waals surface area contributed by atoms with Gasteiger partial charge < -0.3 is 11.9 Å². The van der Waals surface area contributed by atoms with Gasteiger partial charge in [-0.3, -0.25) is 4.79 Å².